The Labute approximate surface area is 69.0 Å². The van der Waals surface area contributed by atoms with Crippen LogP contribution in [0.4, 0.5) is 0 Å². The molecule has 0 spiro atoms. The predicted molar refractivity (Wildman–Crippen MR) is 35.7 cm³/mol. The first-order valence-electron chi connectivity index (χ1n) is 1.45. The first kappa shape index (κ1) is 10.7. The van der Waals surface area contributed by atoms with Crippen LogP contribution in [0.15, 0.2) is 24.0 Å². The predicted octanol–water partition coefficient (Wildman–Crippen LogP) is 0.374. The Morgan fingerprint density at radius 3 is 1.57 bits per heavy atom. The SMILES string of the molecule is C=C[S+]([O-])C=C.[NaH]. The van der Waals surface area contributed by atoms with Gasteiger partial charge in [-0.1, -0.05) is 13.2 Å². The molecule has 0 aromatic heterocycles. The van der Waals surface area contributed by atoms with Gasteiger partial charge in [-0.15, -0.1) is 0 Å². The molecule has 0 aliphatic heterocycles. The second-order valence-electron chi connectivity index (χ2n) is 0.662. The Kier molecular flexibility index (Phi) is 10.4. The Balaban J connectivity index is 0. The van der Waals surface area contributed by atoms with Crippen LogP contribution < -0.4 is 0 Å². The van der Waals surface area contributed by atoms with Crippen molar-refractivity contribution in [2.45, 2.75) is 0 Å². The summed E-state index contributed by atoms with van der Waals surface area (Å²) in [6, 6.07) is 0. The molecule has 0 bridgehead atoms. The van der Waals surface area contributed by atoms with Gasteiger partial charge in [0.05, 0.1) is 0 Å². The molecule has 0 aromatic rings. The average Bonchev–Trinajstić information content (AvgIpc) is 1.65. The summed E-state index contributed by atoms with van der Waals surface area (Å²) in [6.45, 7) is 6.52. The van der Waals surface area contributed by atoms with Gasteiger partial charge in [0.15, 0.2) is 0 Å². The summed E-state index contributed by atoms with van der Waals surface area (Å²) in [6.07, 6.45) is 0. The van der Waals surface area contributed by atoms with Crippen molar-refractivity contribution in [1.82, 2.24) is 0 Å². The first-order chi connectivity index (χ1) is 2.81. The summed E-state index contributed by atoms with van der Waals surface area (Å²) in [7, 11) is 0. The summed E-state index contributed by atoms with van der Waals surface area (Å²) in [5, 5.41) is 2.65. The molecule has 0 aliphatic rings. The minimum atomic E-state index is -1.01. The molecule has 0 radical (unpaired) electrons. The number of rotatable bonds is 2. The van der Waals surface area contributed by atoms with Gasteiger partial charge in [-0.05, 0) is 0 Å². The van der Waals surface area contributed by atoms with Gasteiger partial charge >= 0.3 is 29.6 Å². The Bertz CT molecular complexity index is 56.7. The van der Waals surface area contributed by atoms with Crippen LogP contribution in [0.25, 0.3) is 0 Å². The third kappa shape index (κ3) is 6.79. The van der Waals surface area contributed by atoms with Gasteiger partial charge in [0.25, 0.3) is 0 Å². The molecule has 0 atom stereocenters. The summed E-state index contributed by atoms with van der Waals surface area (Å²) in [5.41, 5.74) is 0. The minimum absolute atomic E-state index is 0. The molecule has 3 heteroatoms. The molecule has 0 rings (SSSR count). The van der Waals surface area contributed by atoms with Crippen molar-refractivity contribution >= 4 is 40.7 Å². The summed E-state index contributed by atoms with van der Waals surface area (Å²) >= 11 is -1.01. The van der Waals surface area contributed by atoms with E-state index < -0.39 is 11.2 Å². The van der Waals surface area contributed by atoms with Crippen molar-refractivity contribution in [3.05, 3.63) is 24.0 Å². The molecule has 0 saturated heterocycles. The maximum atomic E-state index is 10.1. The number of hydrogen-bond donors (Lipinski definition) is 0. The van der Waals surface area contributed by atoms with Gasteiger partial charge in [0, 0.05) is 11.2 Å². The quantitative estimate of drug-likeness (QED) is 0.387. The van der Waals surface area contributed by atoms with Gasteiger partial charge in [-0.25, -0.2) is 0 Å². The fraction of sp³-hybridized carbons (Fsp3) is 0. The zero-order valence-electron chi connectivity index (χ0n) is 3.39. The molecule has 0 saturated carbocycles. The normalized spacial score (nSPS) is 7.14. The van der Waals surface area contributed by atoms with Crippen LogP contribution in [0, 0.1) is 0 Å². The monoisotopic (exact) mass is 126 g/mol. The van der Waals surface area contributed by atoms with E-state index in [0.717, 1.165) is 0 Å². The maximum absolute atomic E-state index is 10.1. The van der Waals surface area contributed by atoms with E-state index >= 15 is 0 Å². The molecule has 0 aliphatic carbocycles. The topological polar surface area (TPSA) is 23.1 Å². The second kappa shape index (κ2) is 6.79. The average molecular weight is 126 g/mol. The van der Waals surface area contributed by atoms with Crippen molar-refractivity contribution in [2.75, 3.05) is 0 Å². The molecule has 0 unspecified atom stereocenters. The summed E-state index contributed by atoms with van der Waals surface area (Å²) in [4.78, 5) is 0. The molecule has 1 nitrogen and oxygen atoms in total. The van der Waals surface area contributed by atoms with E-state index in [1.165, 1.54) is 10.8 Å². The Morgan fingerprint density at radius 1 is 1.29 bits per heavy atom. The van der Waals surface area contributed by atoms with E-state index in [-0.39, 0.29) is 29.6 Å². The van der Waals surface area contributed by atoms with E-state index in [1.54, 1.807) is 0 Å². The molecule has 0 amide bonds. The fourth-order valence-electron chi connectivity index (χ4n) is 0.0680. The van der Waals surface area contributed by atoms with Crippen LogP contribution in [-0.2, 0) is 11.2 Å². The van der Waals surface area contributed by atoms with Crippen molar-refractivity contribution in [3.63, 3.8) is 0 Å². The molecule has 7 heavy (non-hydrogen) atoms. The van der Waals surface area contributed by atoms with Crippen LogP contribution in [0.2, 0.25) is 0 Å². The molecule has 36 valence electrons. The van der Waals surface area contributed by atoms with Gasteiger partial charge in [-0.2, -0.15) is 0 Å². The molecule has 0 N–H and O–H groups in total. The Hall–Kier alpha value is 0.790. The molecular weight excluding hydrogens is 119 g/mol. The third-order valence-corrected chi connectivity index (χ3v) is 0.986. The number of hydrogen-bond acceptors (Lipinski definition) is 1. The van der Waals surface area contributed by atoms with Gasteiger partial charge in [0.1, 0.15) is 10.8 Å². The van der Waals surface area contributed by atoms with Crippen molar-refractivity contribution in [3.8, 4) is 0 Å². The van der Waals surface area contributed by atoms with Crippen LogP contribution >= 0.6 is 0 Å². The second-order valence-corrected chi connectivity index (χ2v) is 1.99. The van der Waals surface area contributed by atoms with Gasteiger partial charge in [-0.3, -0.25) is 0 Å². The molecule has 0 aromatic carbocycles. The van der Waals surface area contributed by atoms with Crippen LogP contribution in [0.1, 0.15) is 0 Å². The van der Waals surface area contributed by atoms with E-state index in [1.807, 2.05) is 0 Å². The van der Waals surface area contributed by atoms with E-state index in [0.29, 0.717) is 0 Å². The van der Waals surface area contributed by atoms with Crippen molar-refractivity contribution in [2.24, 2.45) is 0 Å². The van der Waals surface area contributed by atoms with Crippen molar-refractivity contribution in [1.29, 1.82) is 0 Å². The Morgan fingerprint density at radius 2 is 1.57 bits per heavy atom. The molecule has 0 fully saturated rings. The van der Waals surface area contributed by atoms with Gasteiger partial charge in [0.2, 0.25) is 0 Å². The van der Waals surface area contributed by atoms with E-state index in [9.17, 15) is 4.55 Å². The van der Waals surface area contributed by atoms with E-state index in [4.69, 9.17) is 0 Å². The van der Waals surface area contributed by atoms with Crippen LogP contribution in [-0.4, -0.2) is 34.1 Å². The fourth-order valence-corrected chi connectivity index (χ4v) is 0.204. The molecular formula is C4H7NaOS. The van der Waals surface area contributed by atoms with Crippen LogP contribution in [0.3, 0.4) is 0 Å². The molecule has 0 heterocycles. The summed E-state index contributed by atoms with van der Waals surface area (Å²) in [5.74, 6) is 0. The summed E-state index contributed by atoms with van der Waals surface area (Å²) < 4.78 is 10.1. The third-order valence-electron chi connectivity index (χ3n) is 0.329. The van der Waals surface area contributed by atoms with E-state index in [2.05, 4.69) is 13.2 Å². The first-order valence-corrected chi connectivity index (χ1v) is 2.73. The van der Waals surface area contributed by atoms with Crippen LogP contribution in [0.5, 0.6) is 0 Å². The van der Waals surface area contributed by atoms with Crippen molar-refractivity contribution < 1.29 is 4.55 Å². The zero-order valence-corrected chi connectivity index (χ0v) is 4.20. The van der Waals surface area contributed by atoms with Gasteiger partial charge < -0.3 is 4.55 Å². The zero-order chi connectivity index (χ0) is 4.99. The standard InChI is InChI=1S/C4H6OS.Na.H/c1-3-6(5)4-2;;/h3-4H,1-2H2;;.